The lowest BCUT2D eigenvalue weighted by atomic mass is 9.82. The van der Waals surface area contributed by atoms with E-state index in [4.69, 9.17) is 5.11 Å². The second-order valence-electron chi connectivity index (χ2n) is 5.27. The number of benzene rings is 1. The Morgan fingerprint density at radius 2 is 2.29 bits per heavy atom. The standard InChI is InChI=1S/C15H20O2/c1-10-4-3-5-13-7-6-12(9-14(10)13)8-11(2)15(16)17/h6-7,9-11H,3-5,8H2,1-2H3,(H,16,17). The van der Waals surface area contributed by atoms with Crippen molar-refractivity contribution in [2.75, 3.05) is 0 Å². The molecular formula is C15H20O2. The lowest BCUT2D eigenvalue weighted by Crippen LogP contribution is -2.13. The monoisotopic (exact) mass is 232 g/mol. The summed E-state index contributed by atoms with van der Waals surface area (Å²) in [5.41, 5.74) is 4.05. The van der Waals surface area contributed by atoms with Crippen LogP contribution in [0, 0.1) is 5.92 Å². The van der Waals surface area contributed by atoms with Crippen molar-refractivity contribution in [2.24, 2.45) is 5.92 Å². The van der Waals surface area contributed by atoms with Crippen LogP contribution in [-0.4, -0.2) is 11.1 Å². The van der Waals surface area contributed by atoms with Gasteiger partial charge in [0.25, 0.3) is 0 Å². The van der Waals surface area contributed by atoms with Gasteiger partial charge in [0.05, 0.1) is 5.92 Å². The summed E-state index contributed by atoms with van der Waals surface area (Å²) in [7, 11) is 0. The van der Waals surface area contributed by atoms with Crippen LogP contribution in [0.2, 0.25) is 0 Å². The maximum atomic E-state index is 10.9. The lowest BCUT2D eigenvalue weighted by Gasteiger charge is -2.23. The molecule has 0 heterocycles. The molecule has 0 aromatic heterocycles. The molecule has 17 heavy (non-hydrogen) atoms. The highest BCUT2D eigenvalue weighted by atomic mass is 16.4. The van der Waals surface area contributed by atoms with E-state index in [0.29, 0.717) is 12.3 Å². The highest BCUT2D eigenvalue weighted by Crippen LogP contribution is 2.32. The summed E-state index contributed by atoms with van der Waals surface area (Å²) in [6.45, 7) is 4.04. The highest BCUT2D eigenvalue weighted by molar-refractivity contribution is 5.69. The van der Waals surface area contributed by atoms with Gasteiger partial charge in [-0.3, -0.25) is 4.79 Å². The molecule has 0 radical (unpaired) electrons. The summed E-state index contributed by atoms with van der Waals surface area (Å²) < 4.78 is 0. The molecule has 0 saturated heterocycles. The topological polar surface area (TPSA) is 37.3 Å². The minimum Gasteiger partial charge on any atom is -0.481 e. The Bertz CT molecular complexity index is 423. The number of aryl methyl sites for hydroxylation is 1. The number of carboxylic acids is 1. The average Bonchev–Trinajstić information content (AvgIpc) is 2.30. The van der Waals surface area contributed by atoms with Crippen molar-refractivity contribution in [1.29, 1.82) is 0 Å². The molecule has 1 N–H and O–H groups in total. The van der Waals surface area contributed by atoms with E-state index in [9.17, 15) is 4.79 Å². The molecule has 1 aromatic carbocycles. The summed E-state index contributed by atoms with van der Waals surface area (Å²) >= 11 is 0. The Hall–Kier alpha value is -1.31. The Morgan fingerprint density at radius 1 is 1.53 bits per heavy atom. The van der Waals surface area contributed by atoms with Crippen molar-refractivity contribution in [3.05, 3.63) is 34.9 Å². The normalized spacial score (nSPS) is 20.7. The van der Waals surface area contributed by atoms with Gasteiger partial charge < -0.3 is 5.11 Å². The Labute approximate surface area is 103 Å². The molecule has 2 atom stereocenters. The van der Waals surface area contributed by atoms with Crippen molar-refractivity contribution >= 4 is 5.97 Å². The Kier molecular flexibility index (Phi) is 3.51. The molecular weight excluding hydrogens is 212 g/mol. The molecule has 0 bridgehead atoms. The quantitative estimate of drug-likeness (QED) is 0.867. The van der Waals surface area contributed by atoms with Crippen LogP contribution < -0.4 is 0 Å². The van der Waals surface area contributed by atoms with Gasteiger partial charge in [0.2, 0.25) is 0 Å². The number of carboxylic acid groups (broad SMARTS) is 1. The summed E-state index contributed by atoms with van der Waals surface area (Å²) in [6.07, 6.45) is 4.34. The number of aliphatic carboxylic acids is 1. The molecule has 1 aliphatic carbocycles. The maximum Gasteiger partial charge on any atom is 0.306 e. The van der Waals surface area contributed by atoms with Crippen LogP contribution in [0.15, 0.2) is 18.2 Å². The number of hydrogen-bond acceptors (Lipinski definition) is 1. The molecule has 2 nitrogen and oxygen atoms in total. The maximum absolute atomic E-state index is 10.9. The average molecular weight is 232 g/mol. The molecule has 0 saturated carbocycles. The van der Waals surface area contributed by atoms with Gasteiger partial charge in [0.1, 0.15) is 0 Å². The van der Waals surface area contributed by atoms with Gasteiger partial charge in [-0.1, -0.05) is 32.0 Å². The zero-order chi connectivity index (χ0) is 12.4. The fraction of sp³-hybridized carbons (Fsp3) is 0.533. The summed E-state index contributed by atoms with van der Waals surface area (Å²) in [5, 5.41) is 8.93. The van der Waals surface area contributed by atoms with Crippen molar-refractivity contribution < 1.29 is 9.90 Å². The van der Waals surface area contributed by atoms with Crippen LogP contribution in [0.4, 0.5) is 0 Å². The summed E-state index contributed by atoms with van der Waals surface area (Å²) in [6, 6.07) is 6.50. The summed E-state index contributed by atoms with van der Waals surface area (Å²) in [5.74, 6) is -0.387. The molecule has 1 aromatic rings. The molecule has 1 aliphatic rings. The Balaban J connectivity index is 2.20. The Morgan fingerprint density at radius 3 is 3.00 bits per heavy atom. The molecule has 0 amide bonds. The number of fused-ring (bicyclic) bond motifs is 1. The van der Waals surface area contributed by atoms with E-state index in [1.165, 1.54) is 30.4 Å². The lowest BCUT2D eigenvalue weighted by molar-refractivity contribution is -0.141. The first-order chi connectivity index (χ1) is 8.08. The minimum absolute atomic E-state index is 0.299. The number of rotatable bonds is 3. The number of hydrogen-bond donors (Lipinski definition) is 1. The molecule has 2 unspecified atom stereocenters. The van der Waals surface area contributed by atoms with Crippen molar-refractivity contribution in [2.45, 2.75) is 45.4 Å². The SMILES string of the molecule is CC(Cc1ccc2c(c1)C(C)CCC2)C(=O)O. The van der Waals surface area contributed by atoms with Gasteiger partial charge in [-0.2, -0.15) is 0 Å². The van der Waals surface area contributed by atoms with Gasteiger partial charge in [-0.15, -0.1) is 0 Å². The van der Waals surface area contributed by atoms with Crippen LogP contribution in [0.3, 0.4) is 0 Å². The zero-order valence-corrected chi connectivity index (χ0v) is 10.6. The second-order valence-corrected chi connectivity index (χ2v) is 5.27. The summed E-state index contributed by atoms with van der Waals surface area (Å²) in [4.78, 5) is 10.9. The van der Waals surface area contributed by atoms with Crippen molar-refractivity contribution in [3.8, 4) is 0 Å². The fourth-order valence-electron chi connectivity index (χ4n) is 2.65. The van der Waals surface area contributed by atoms with Crippen LogP contribution in [0.5, 0.6) is 0 Å². The first-order valence-corrected chi connectivity index (χ1v) is 6.42. The van der Waals surface area contributed by atoms with E-state index in [-0.39, 0.29) is 5.92 Å². The van der Waals surface area contributed by atoms with E-state index in [2.05, 4.69) is 25.1 Å². The largest absolute Gasteiger partial charge is 0.481 e. The minimum atomic E-state index is -0.712. The fourth-order valence-corrected chi connectivity index (χ4v) is 2.65. The van der Waals surface area contributed by atoms with Crippen LogP contribution in [0.1, 0.15) is 49.3 Å². The van der Waals surface area contributed by atoms with E-state index in [1.807, 2.05) is 0 Å². The molecule has 2 heteroatoms. The number of carbonyl (C=O) groups is 1. The van der Waals surface area contributed by atoms with Gasteiger partial charge in [-0.25, -0.2) is 0 Å². The molecule has 0 fully saturated rings. The third-order valence-corrected chi connectivity index (χ3v) is 3.79. The van der Waals surface area contributed by atoms with Gasteiger partial charge in [0, 0.05) is 0 Å². The predicted octanol–water partition coefficient (Wildman–Crippen LogP) is 3.39. The van der Waals surface area contributed by atoms with Gasteiger partial charge in [-0.05, 0) is 48.3 Å². The highest BCUT2D eigenvalue weighted by Gasteiger charge is 2.18. The van der Waals surface area contributed by atoms with E-state index < -0.39 is 5.97 Å². The van der Waals surface area contributed by atoms with Crippen LogP contribution in [-0.2, 0) is 17.6 Å². The third kappa shape index (κ3) is 2.68. The van der Waals surface area contributed by atoms with Gasteiger partial charge in [0.15, 0.2) is 0 Å². The smallest absolute Gasteiger partial charge is 0.306 e. The van der Waals surface area contributed by atoms with Gasteiger partial charge >= 0.3 is 5.97 Å². The first kappa shape index (κ1) is 12.2. The molecule has 0 aliphatic heterocycles. The molecule has 2 rings (SSSR count). The van der Waals surface area contributed by atoms with E-state index in [0.717, 1.165) is 5.56 Å². The molecule has 92 valence electrons. The van der Waals surface area contributed by atoms with Crippen molar-refractivity contribution in [3.63, 3.8) is 0 Å². The predicted molar refractivity (Wildman–Crippen MR) is 68.3 cm³/mol. The van der Waals surface area contributed by atoms with Crippen LogP contribution in [0.25, 0.3) is 0 Å². The van der Waals surface area contributed by atoms with Crippen LogP contribution >= 0.6 is 0 Å². The zero-order valence-electron chi connectivity index (χ0n) is 10.6. The first-order valence-electron chi connectivity index (χ1n) is 6.42. The van der Waals surface area contributed by atoms with E-state index >= 15 is 0 Å². The van der Waals surface area contributed by atoms with Crippen molar-refractivity contribution in [1.82, 2.24) is 0 Å². The second kappa shape index (κ2) is 4.91. The molecule has 0 spiro atoms. The van der Waals surface area contributed by atoms with E-state index in [1.54, 1.807) is 6.92 Å². The third-order valence-electron chi connectivity index (χ3n) is 3.79.